The number of amides is 1. The summed E-state index contributed by atoms with van der Waals surface area (Å²) in [5.74, 6) is 2.51. The SMILES string of the molecule is O=C(C1CCCCC1)N1CCSC1c1ccc(OCc2ccccc2)cc1. The molecule has 0 aromatic heterocycles. The van der Waals surface area contributed by atoms with Crippen LogP contribution in [0.5, 0.6) is 5.75 Å². The van der Waals surface area contributed by atoms with Crippen LogP contribution in [0.1, 0.15) is 48.6 Å². The van der Waals surface area contributed by atoms with E-state index in [1.807, 2.05) is 42.1 Å². The quantitative estimate of drug-likeness (QED) is 0.692. The lowest BCUT2D eigenvalue weighted by Gasteiger charge is -2.30. The molecule has 1 unspecified atom stereocenters. The van der Waals surface area contributed by atoms with Crippen molar-refractivity contribution in [3.8, 4) is 5.75 Å². The van der Waals surface area contributed by atoms with Crippen LogP contribution < -0.4 is 4.74 Å². The second-order valence-electron chi connectivity index (χ2n) is 7.43. The predicted octanol–water partition coefficient (Wildman–Crippen LogP) is 5.42. The Balaban J connectivity index is 1.39. The number of ether oxygens (including phenoxy) is 1. The maximum absolute atomic E-state index is 13.0. The fourth-order valence-electron chi connectivity index (χ4n) is 4.03. The number of hydrogen-bond acceptors (Lipinski definition) is 3. The van der Waals surface area contributed by atoms with E-state index in [-0.39, 0.29) is 11.3 Å². The smallest absolute Gasteiger partial charge is 0.226 e. The third kappa shape index (κ3) is 4.49. The van der Waals surface area contributed by atoms with Gasteiger partial charge in [0.25, 0.3) is 0 Å². The molecule has 0 N–H and O–H groups in total. The first-order valence-corrected chi connectivity index (χ1v) is 11.0. The van der Waals surface area contributed by atoms with Crippen molar-refractivity contribution in [2.45, 2.75) is 44.1 Å². The molecule has 1 atom stereocenters. The van der Waals surface area contributed by atoms with E-state index >= 15 is 0 Å². The standard InChI is InChI=1S/C23H27NO2S/c25-22(19-9-5-2-6-10-19)24-15-16-27-23(24)20-11-13-21(14-12-20)26-17-18-7-3-1-4-8-18/h1,3-4,7-8,11-14,19,23H,2,5-6,9-10,15-17H2. The van der Waals surface area contributed by atoms with E-state index in [1.165, 1.54) is 24.8 Å². The fourth-order valence-corrected chi connectivity index (χ4v) is 5.29. The highest BCUT2D eigenvalue weighted by Gasteiger charge is 2.34. The first kappa shape index (κ1) is 18.4. The van der Waals surface area contributed by atoms with E-state index in [0.29, 0.717) is 12.5 Å². The Labute approximate surface area is 166 Å². The molecule has 1 amide bonds. The van der Waals surface area contributed by atoms with Gasteiger partial charge < -0.3 is 9.64 Å². The van der Waals surface area contributed by atoms with Crippen LogP contribution in [0.25, 0.3) is 0 Å². The Morgan fingerprint density at radius 1 is 1.00 bits per heavy atom. The van der Waals surface area contributed by atoms with Gasteiger partial charge in [0.1, 0.15) is 17.7 Å². The number of thioether (sulfide) groups is 1. The number of hydrogen-bond donors (Lipinski definition) is 0. The van der Waals surface area contributed by atoms with Crippen molar-refractivity contribution in [1.29, 1.82) is 0 Å². The molecule has 1 aliphatic heterocycles. The number of carbonyl (C=O) groups excluding carboxylic acids is 1. The summed E-state index contributed by atoms with van der Waals surface area (Å²) in [7, 11) is 0. The monoisotopic (exact) mass is 381 g/mol. The predicted molar refractivity (Wildman–Crippen MR) is 111 cm³/mol. The topological polar surface area (TPSA) is 29.5 Å². The minimum Gasteiger partial charge on any atom is -0.489 e. The first-order valence-electron chi connectivity index (χ1n) is 10.00. The van der Waals surface area contributed by atoms with Gasteiger partial charge in [0.05, 0.1) is 0 Å². The molecule has 1 saturated carbocycles. The number of rotatable bonds is 5. The molecule has 1 heterocycles. The normalized spacial score (nSPS) is 20.6. The third-order valence-electron chi connectivity index (χ3n) is 5.54. The van der Waals surface area contributed by atoms with E-state index in [9.17, 15) is 4.79 Å². The average molecular weight is 382 g/mol. The van der Waals surface area contributed by atoms with Crippen LogP contribution in [0, 0.1) is 5.92 Å². The van der Waals surface area contributed by atoms with Crippen LogP contribution in [-0.4, -0.2) is 23.1 Å². The lowest BCUT2D eigenvalue weighted by molar-refractivity contribution is -0.136. The van der Waals surface area contributed by atoms with Gasteiger partial charge in [-0.2, -0.15) is 0 Å². The summed E-state index contributed by atoms with van der Waals surface area (Å²) < 4.78 is 5.89. The molecule has 0 radical (unpaired) electrons. The molecule has 2 aromatic carbocycles. The highest BCUT2D eigenvalue weighted by atomic mass is 32.2. The van der Waals surface area contributed by atoms with Gasteiger partial charge in [0.2, 0.25) is 5.91 Å². The van der Waals surface area contributed by atoms with Gasteiger partial charge in [-0.15, -0.1) is 11.8 Å². The van der Waals surface area contributed by atoms with E-state index < -0.39 is 0 Å². The van der Waals surface area contributed by atoms with Crippen LogP contribution in [0.3, 0.4) is 0 Å². The van der Waals surface area contributed by atoms with Crippen molar-refractivity contribution in [3.05, 3.63) is 65.7 Å². The fraction of sp³-hybridized carbons (Fsp3) is 0.435. The highest BCUT2D eigenvalue weighted by molar-refractivity contribution is 7.99. The Morgan fingerprint density at radius 2 is 1.74 bits per heavy atom. The number of nitrogens with zero attached hydrogens (tertiary/aromatic N) is 1. The molecule has 1 saturated heterocycles. The molecule has 2 aromatic rings. The molecule has 4 rings (SSSR count). The third-order valence-corrected chi connectivity index (χ3v) is 6.80. The van der Waals surface area contributed by atoms with Gasteiger partial charge in [-0.3, -0.25) is 4.79 Å². The van der Waals surface area contributed by atoms with Crippen LogP contribution in [-0.2, 0) is 11.4 Å². The van der Waals surface area contributed by atoms with Crippen molar-refractivity contribution >= 4 is 17.7 Å². The van der Waals surface area contributed by atoms with Crippen LogP contribution in [0.2, 0.25) is 0 Å². The Bertz CT molecular complexity index is 741. The summed E-state index contributed by atoms with van der Waals surface area (Å²) in [4.78, 5) is 15.1. The van der Waals surface area contributed by atoms with Crippen molar-refractivity contribution < 1.29 is 9.53 Å². The zero-order valence-electron chi connectivity index (χ0n) is 15.7. The second kappa shape index (κ2) is 8.83. The summed E-state index contributed by atoms with van der Waals surface area (Å²) in [6.07, 6.45) is 5.83. The molecule has 0 spiro atoms. The van der Waals surface area contributed by atoms with Crippen LogP contribution >= 0.6 is 11.8 Å². The molecule has 1 aliphatic carbocycles. The lowest BCUT2D eigenvalue weighted by atomic mass is 9.88. The molecule has 4 heteroatoms. The van der Waals surface area contributed by atoms with Crippen molar-refractivity contribution in [2.24, 2.45) is 5.92 Å². The molecular weight excluding hydrogens is 354 g/mol. The zero-order valence-corrected chi connectivity index (χ0v) is 16.5. The van der Waals surface area contributed by atoms with Gasteiger partial charge in [-0.25, -0.2) is 0 Å². The first-order chi connectivity index (χ1) is 13.3. The van der Waals surface area contributed by atoms with Crippen molar-refractivity contribution in [2.75, 3.05) is 12.3 Å². The Hall–Kier alpha value is -1.94. The Morgan fingerprint density at radius 3 is 2.48 bits per heavy atom. The lowest BCUT2D eigenvalue weighted by Crippen LogP contribution is -2.36. The van der Waals surface area contributed by atoms with E-state index in [2.05, 4.69) is 29.2 Å². The van der Waals surface area contributed by atoms with E-state index in [0.717, 1.165) is 36.5 Å². The minimum atomic E-state index is 0.155. The van der Waals surface area contributed by atoms with Gasteiger partial charge in [-0.05, 0) is 36.1 Å². The summed E-state index contributed by atoms with van der Waals surface area (Å²) in [5, 5.41) is 0.155. The molecular formula is C23H27NO2S. The zero-order chi connectivity index (χ0) is 18.5. The molecule has 0 bridgehead atoms. The average Bonchev–Trinajstić information content (AvgIpc) is 3.23. The molecule has 142 valence electrons. The minimum absolute atomic E-state index is 0.155. The van der Waals surface area contributed by atoms with Crippen molar-refractivity contribution in [1.82, 2.24) is 4.90 Å². The second-order valence-corrected chi connectivity index (χ2v) is 8.62. The number of carbonyl (C=O) groups is 1. The molecule has 2 aliphatic rings. The number of benzene rings is 2. The van der Waals surface area contributed by atoms with E-state index in [1.54, 1.807) is 0 Å². The van der Waals surface area contributed by atoms with Gasteiger partial charge >= 0.3 is 0 Å². The summed E-state index contributed by atoms with van der Waals surface area (Å²) >= 11 is 1.88. The van der Waals surface area contributed by atoms with Gasteiger partial charge in [0.15, 0.2) is 0 Å². The largest absolute Gasteiger partial charge is 0.489 e. The van der Waals surface area contributed by atoms with Gasteiger partial charge in [-0.1, -0.05) is 61.7 Å². The van der Waals surface area contributed by atoms with Gasteiger partial charge in [0, 0.05) is 18.2 Å². The summed E-state index contributed by atoms with van der Waals surface area (Å²) in [6.45, 7) is 1.45. The van der Waals surface area contributed by atoms with E-state index in [4.69, 9.17) is 4.74 Å². The molecule has 3 nitrogen and oxygen atoms in total. The Kier molecular flexibility index (Phi) is 6.03. The maximum Gasteiger partial charge on any atom is 0.226 e. The maximum atomic E-state index is 13.0. The molecule has 2 fully saturated rings. The molecule has 27 heavy (non-hydrogen) atoms. The summed E-state index contributed by atoms with van der Waals surface area (Å²) in [5.41, 5.74) is 2.37. The highest BCUT2D eigenvalue weighted by Crippen LogP contribution is 2.40. The van der Waals surface area contributed by atoms with Crippen LogP contribution in [0.4, 0.5) is 0 Å². The van der Waals surface area contributed by atoms with Crippen LogP contribution in [0.15, 0.2) is 54.6 Å². The summed E-state index contributed by atoms with van der Waals surface area (Å²) in [6, 6.07) is 18.5. The van der Waals surface area contributed by atoms with Crippen molar-refractivity contribution in [3.63, 3.8) is 0 Å².